The second-order valence-corrected chi connectivity index (χ2v) is 6.97. The largest absolute Gasteiger partial charge is 0.456 e. The molecule has 0 saturated heterocycles. The van der Waals surface area contributed by atoms with Crippen LogP contribution < -0.4 is 0 Å². The first-order chi connectivity index (χ1) is 15.3. The van der Waals surface area contributed by atoms with E-state index in [0.717, 1.165) is 40.1 Å². The van der Waals surface area contributed by atoms with Gasteiger partial charge >= 0.3 is 0 Å². The maximum atomic E-state index is 11.8. The molecule has 1 heterocycles. The average molecular weight is 458 g/mol. The fourth-order valence-electron chi connectivity index (χ4n) is 3.32. The average Bonchev–Trinajstić information content (AvgIpc) is 3.58. The molecule has 2 aliphatic carbocycles. The van der Waals surface area contributed by atoms with Crippen molar-refractivity contribution in [2.24, 2.45) is 0 Å². The number of allylic oxidation sites excluding steroid dienone is 12. The van der Waals surface area contributed by atoms with Gasteiger partial charge in [-0.2, -0.15) is 0 Å². The third-order valence-corrected chi connectivity index (χ3v) is 4.87. The van der Waals surface area contributed by atoms with Gasteiger partial charge in [-0.25, -0.2) is 0 Å². The Kier molecular flexibility index (Phi) is 8.62. The molecule has 158 valence electrons. The molecule has 0 spiro atoms. The van der Waals surface area contributed by atoms with E-state index in [1.807, 2.05) is 128 Å². The molecule has 0 amide bonds. The minimum absolute atomic E-state index is 0. The second kappa shape index (κ2) is 11.9. The molecular formula is C29H22FeO2. The predicted molar refractivity (Wildman–Crippen MR) is 127 cm³/mol. The number of benzene rings is 2. The normalized spacial score (nSPS) is 15.5. The summed E-state index contributed by atoms with van der Waals surface area (Å²) in [5, 5.41) is 0. The first-order valence-electron chi connectivity index (χ1n) is 10.2. The van der Waals surface area contributed by atoms with E-state index >= 15 is 0 Å². The first-order valence-corrected chi connectivity index (χ1v) is 10.2. The topological polar surface area (TPSA) is 26.3 Å². The zero-order valence-electron chi connectivity index (χ0n) is 17.4. The van der Waals surface area contributed by atoms with Crippen LogP contribution in [0.3, 0.4) is 0 Å². The minimum Gasteiger partial charge on any atom is -0.456 e. The van der Waals surface area contributed by atoms with Gasteiger partial charge in [0.15, 0.2) is 6.29 Å². The molecule has 2 radical (unpaired) electrons. The van der Waals surface area contributed by atoms with Gasteiger partial charge in [-0.15, -0.1) is 0 Å². The van der Waals surface area contributed by atoms with E-state index in [9.17, 15) is 4.79 Å². The van der Waals surface area contributed by atoms with Crippen molar-refractivity contribution in [1.29, 1.82) is 0 Å². The number of aldehydes is 1. The van der Waals surface area contributed by atoms with E-state index in [-0.39, 0.29) is 17.1 Å². The molecule has 0 fully saturated rings. The summed E-state index contributed by atoms with van der Waals surface area (Å²) in [5.41, 5.74) is 4.35. The molecule has 3 heteroatoms. The monoisotopic (exact) mass is 458 g/mol. The minimum atomic E-state index is 0. The van der Waals surface area contributed by atoms with Crippen LogP contribution in [0.15, 0.2) is 132 Å². The summed E-state index contributed by atoms with van der Waals surface area (Å²) in [6.07, 6.45) is 22.5. The van der Waals surface area contributed by atoms with Gasteiger partial charge in [-0.1, -0.05) is 103 Å². The van der Waals surface area contributed by atoms with Crippen LogP contribution in [0.4, 0.5) is 0 Å². The number of carbonyl (C=O) groups is 1. The van der Waals surface area contributed by atoms with Crippen LogP contribution in [0.25, 0.3) is 11.5 Å². The van der Waals surface area contributed by atoms with Crippen molar-refractivity contribution in [2.45, 2.75) is 0 Å². The van der Waals surface area contributed by atoms with E-state index in [1.54, 1.807) is 0 Å². The van der Waals surface area contributed by atoms with E-state index in [4.69, 9.17) is 4.74 Å². The summed E-state index contributed by atoms with van der Waals surface area (Å²) < 4.78 is 6.17. The van der Waals surface area contributed by atoms with Crippen LogP contribution in [0.5, 0.6) is 0 Å². The van der Waals surface area contributed by atoms with Crippen molar-refractivity contribution in [3.05, 3.63) is 156 Å². The fourth-order valence-corrected chi connectivity index (χ4v) is 3.32. The van der Waals surface area contributed by atoms with Gasteiger partial charge in [0.2, 0.25) is 0 Å². The second-order valence-electron chi connectivity index (χ2n) is 6.97. The molecular weight excluding hydrogens is 436 g/mol. The number of carbonyl (C=O) groups excluding carboxylic acids is 1. The Morgan fingerprint density at radius 1 is 0.688 bits per heavy atom. The fraction of sp³-hybridized carbons (Fsp3) is 0. The summed E-state index contributed by atoms with van der Waals surface area (Å²) in [4.78, 5) is 11.8. The molecule has 0 saturated carbocycles. The van der Waals surface area contributed by atoms with Gasteiger partial charge in [0.1, 0.15) is 11.5 Å². The van der Waals surface area contributed by atoms with Crippen LogP contribution in [-0.4, -0.2) is 6.29 Å². The predicted octanol–water partition coefficient (Wildman–Crippen LogP) is 6.61. The third kappa shape index (κ3) is 5.85. The molecule has 3 aliphatic rings. The number of rotatable bonds is 4. The number of hydrogen-bond acceptors (Lipinski definition) is 2. The van der Waals surface area contributed by atoms with E-state index in [1.165, 1.54) is 0 Å². The summed E-state index contributed by atoms with van der Waals surface area (Å²) in [5.74, 6) is 1.46. The van der Waals surface area contributed by atoms with Crippen molar-refractivity contribution in [1.82, 2.24) is 0 Å². The Morgan fingerprint density at radius 3 is 1.66 bits per heavy atom. The first kappa shape index (κ1) is 23.3. The van der Waals surface area contributed by atoms with Gasteiger partial charge in [0.25, 0.3) is 0 Å². The van der Waals surface area contributed by atoms with Crippen LogP contribution >= 0.6 is 0 Å². The Bertz CT molecular complexity index is 1080. The van der Waals surface area contributed by atoms with Gasteiger partial charge in [0, 0.05) is 46.6 Å². The molecule has 2 nitrogen and oxygen atoms in total. The van der Waals surface area contributed by atoms with Crippen LogP contribution in [0.2, 0.25) is 0 Å². The van der Waals surface area contributed by atoms with Crippen LogP contribution in [-0.2, 0) is 26.6 Å². The van der Waals surface area contributed by atoms with Crippen LogP contribution in [0.1, 0.15) is 11.1 Å². The standard InChI is InChI=1S/C24H17O2.C5H5.Fe/c25-17-22(18-9-7-8-10-18)21-15-23(19-11-3-1-4-12-19)26-24(16-21)20-13-5-2-6-14-20;1-2-4-5-3-1;/h1-17H;1-5H;. The van der Waals surface area contributed by atoms with Crippen molar-refractivity contribution in [3.8, 4) is 0 Å². The Balaban J connectivity index is 0.000000427. The Morgan fingerprint density at radius 2 is 1.25 bits per heavy atom. The van der Waals surface area contributed by atoms with Crippen molar-refractivity contribution in [3.63, 3.8) is 0 Å². The number of hydrogen-bond donors (Lipinski definition) is 0. The molecule has 0 atom stereocenters. The maximum Gasteiger partial charge on any atom is 0.151 e. The molecule has 0 bridgehead atoms. The SMILES string of the molecule is O=CC(C1=C[CH]C=C1)=C1C=C(c2ccccc2)OC(c2ccccc2)=C1.[CH]1C=CC=C1.[Fe]. The zero-order valence-corrected chi connectivity index (χ0v) is 18.5. The van der Waals surface area contributed by atoms with Gasteiger partial charge < -0.3 is 4.74 Å². The van der Waals surface area contributed by atoms with E-state index in [2.05, 4.69) is 0 Å². The summed E-state index contributed by atoms with van der Waals surface area (Å²) in [6, 6.07) is 19.8. The molecule has 1 aliphatic heterocycles. The van der Waals surface area contributed by atoms with E-state index < -0.39 is 0 Å². The molecule has 0 unspecified atom stereocenters. The number of ether oxygens (including phenoxy) is 1. The summed E-state index contributed by atoms with van der Waals surface area (Å²) in [6.45, 7) is 0. The van der Waals surface area contributed by atoms with E-state index in [0.29, 0.717) is 5.57 Å². The Labute approximate surface area is 200 Å². The smallest absolute Gasteiger partial charge is 0.151 e. The molecule has 5 rings (SSSR count). The summed E-state index contributed by atoms with van der Waals surface area (Å²) in [7, 11) is 0. The van der Waals surface area contributed by atoms with Gasteiger partial charge in [-0.05, 0) is 23.3 Å². The van der Waals surface area contributed by atoms with Crippen LogP contribution in [0, 0.1) is 12.8 Å². The van der Waals surface area contributed by atoms with Gasteiger partial charge in [0.05, 0.1) is 0 Å². The van der Waals surface area contributed by atoms with Crippen molar-refractivity contribution >= 4 is 17.8 Å². The zero-order chi connectivity index (χ0) is 21.3. The third-order valence-electron chi connectivity index (χ3n) is 4.87. The molecule has 2 aromatic carbocycles. The maximum absolute atomic E-state index is 11.8. The quantitative estimate of drug-likeness (QED) is 0.293. The van der Waals surface area contributed by atoms with Crippen molar-refractivity contribution < 1.29 is 26.6 Å². The Hall–Kier alpha value is -3.39. The molecule has 0 aromatic heterocycles. The molecule has 2 aromatic rings. The molecule has 32 heavy (non-hydrogen) atoms. The van der Waals surface area contributed by atoms with Crippen molar-refractivity contribution in [2.75, 3.05) is 0 Å². The summed E-state index contributed by atoms with van der Waals surface area (Å²) >= 11 is 0. The molecule has 0 N–H and O–H groups in total. The van der Waals surface area contributed by atoms with Gasteiger partial charge in [-0.3, -0.25) is 4.79 Å².